The first-order valence-electron chi connectivity index (χ1n) is 7.01. The summed E-state index contributed by atoms with van der Waals surface area (Å²) in [5, 5.41) is 14.4. The highest BCUT2D eigenvalue weighted by atomic mass is 16.5. The third kappa shape index (κ3) is 4.57. The molecule has 118 valence electrons. The normalized spacial score (nSPS) is 10.6. The molecule has 1 aromatic rings. The third-order valence-electron chi connectivity index (χ3n) is 3.24. The summed E-state index contributed by atoms with van der Waals surface area (Å²) < 4.78 is 4.90. The summed E-state index contributed by atoms with van der Waals surface area (Å²) in [6.45, 7) is 4.08. The number of carbonyl (C=O) groups is 2. The molecule has 1 rings (SSSR count). The van der Waals surface area contributed by atoms with Crippen molar-refractivity contribution in [1.82, 2.24) is 5.32 Å². The number of carbonyl (C=O) groups excluding carboxylic acids is 2. The lowest BCUT2D eigenvalue weighted by atomic mass is 9.90. The first kappa shape index (κ1) is 17.7. The van der Waals surface area contributed by atoms with Crippen molar-refractivity contribution in [3.05, 3.63) is 29.8 Å². The molecule has 2 amide bonds. The predicted molar refractivity (Wildman–Crippen MR) is 83.1 cm³/mol. The number of methoxy groups -OCH3 is 1. The van der Waals surface area contributed by atoms with E-state index in [0.29, 0.717) is 30.8 Å². The fourth-order valence-electron chi connectivity index (χ4n) is 1.71. The molecule has 1 aromatic carbocycles. The van der Waals surface area contributed by atoms with Crippen molar-refractivity contribution in [2.75, 3.05) is 25.6 Å². The molecule has 0 radical (unpaired) electrons. The van der Waals surface area contributed by atoms with E-state index in [4.69, 9.17) is 10.00 Å². The second kappa shape index (κ2) is 8.15. The van der Waals surface area contributed by atoms with Gasteiger partial charge in [0.1, 0.15) is 11.5 Å². The van der Waals surface area contributed by atoms with Crippen molar-refractivity contribution in [2.45, 2.75) is 20.3 Å². The zero-order valence-electron chi connectivity index (χ0n) is 13.1. The Kier molecular flexibility index (Phi) is 6.54. The number of nitrogens with one attached hydrogen (secondary N) is 2. The molecule has 0 atom stereocenters. The van der Waals surface area contributed by atoms with Gasteiger partial charge in [-0.1, -0.05) is 12.1 Å². The molecule has 0 spiro atoms. The van der Waals surface area contributed by atoms with Crippen LogP contribution in [0.25, 0.3) is 0 Å². The van der Waals surface area contributed by atoms with Crippen molar-refractivity contribution in [3.63, 3.8) is 0 Å². The predicted octanol–water partition coefficient (Wildman–Crippen LogP) is 1.68. The summed E-state index contributed by atoms with van der Waals surface area (Å²) in [5.41, 5.74) is -0.488. The Balaban J connectivity index is 2.70. The Hall–Kier alpha value is -2.39. The van der Waals surface area contributed by atoms with Gasteiger partial charge in [-0.2, -0.15) is 5.26 Å². The summed E-state index contributed by atoms with van der Waals surface area (Å²) >= 11 is 0. The average molecular weight is 303 g/mol. The highest BCUT2D eigenvalue weighted by molar-refractivity contribution is 6.10. The molecule has 0 fully saturated rings. The molecule has 6 nitrogen and oxygen atoms in total. The fraction of sp³-hybridized carbons (Fsp3) is 0.438. The van der Waals surface area contributed by atoms with Gasteiger partial charge in [0.2, 0.25) is 11.8 Å². The van der Waals surface area contributed by atoms with Crippen LogP contribution in [0.4, 0.5) is 5.69 Å². The SMILES string of the molecule is COCCCNC(=O)C(C)(C)C(=O)Nc1ccccc1C#N. The minimum absolute atomic E-state index is 0.354. The van der Waals surface area contributed by atoms with E-state index in [-0.39, 0.29) is 5.91 Å². The van der Waals surface area contributed by atoms with Crippen molar-refractivity contribution in [2.24, 2.45) is 5.41 Å². The van der Waals surface area contributed by atoms with Crippen molar-refractivity contribution >= 4 is 17.5 Å². The Morgan fingerprint density at radius 3 is 2.59 bits per heavy atom. The van der Waals surface area contributed by atoms with Crippen molar-refractivity contribution < 1.29 is 14.3 Å². The van der Waals surface area contributed by atoms with E-state index in [0.717, 1.165) is 0 Å². The van der Waals surface area contributed by atoms with Crippen LogP contribution in [-0.2, 0) is 14.3 Å². The summed E-state index contributed by atoms with van der Waals surface area (Å²) in [5.74, 6) is -0.824. The molecule has 0 heterocycles. The van der Waals surface area contributed by atoms with Crippen LogP contribution in [0.3, 0.4) is 0 Å². The van der Waals surface area contributed by atoms with E-state index in [9.17, 15) is 9.59 Å². The molecule has 0 aromatic heterocycles. The van der Waals surface area contributed by atoms with Gasteiger partial charge in [-0.25, -0.2) is 0 Å². The highest BCUT2D eigenvalue weighted by Crippen LogP contribution is 2.21. The minimum Gasteiger partial charge on any atom is -0.385 e. The van der Waals surface area contributed by atoms with E-state index < -0.39 is 11.3 Å². The summed E-state index contributed by atoms with van der Waals surface area (Å²) in [6, 6.07) is 8.66. The van der Waals surface area contributed by atoms with Crippen LogP contribution in [0.1, 0.15) is 25.8 Å². The maximum Gasteiger partial charge on any atom is 0.239 e. The molecule has 22 heavy (non-hydrogen) atoms. The molecule has 0 saturated heterocycles. The fourth-order valence-corrected chi connectivity index (χ4v) is 1.71. The monoisotopic (exact) mass is 303 g/mol. The smallest absolute Gasteiger partial charge is 0.239 e. The van der Waals surface area contributed by atoms with Crippen LogP contribution in [0.15, 0.2) is 24.3 Å². The molecule has 0 aliphatic carbocycles. The molecule has 0 bridgehead atoms. The maximum absolute atomic E-state index is 12.3. The Labute approximate surface area is 130 Å². The van der Waals surface area contributed by atoms with Gasteiger partial charge in [0, 0.05) is 20.3 Å². The van der Waals surface area contributed by atoms with Gasteiger partial charge in [-0.05, 0) is 32.4 Å². The lowest BCUT2D eigenvalue weighted by Crippen LogP contribution is -2.45. The van der Waals surface area contributed by atoms with Gasteiger partial charge in [-0.15, -0.1) is 0 Å². The zero-order chi connectivity index (χ0) is 16.6. The Morgan fingerprint density at radius 1 is 1.27 bits per heavy atom. The summed E-state index contributed by atoms with van der Waals surface area (Å²) in [7, 11) is 1.59. The van der Waals surface area contributed by atoms with Crippen LogP contribution in [0, 0.1) is 16.7 Å². The van der Waals surface area contributed by atoms with Crippen LogP contribution >= 0.6 is 0 Å². The standard InChI is InChI=1S/C16H21N3O3/c1-16(2,14(20)18-9-6-10-22-3)15(21)19-13-8-5-4-7-12(13)11-17/h4-5,7-8H,6,9-10H2,1-3H3,(H,18,20)(H,19,21). The van der Waals surface area contributed by atoms with Crippen LogP contribution in [0.2, 0.25) is 0 Å². The number of hydrogen-bond donors (Lipinski definition) is 2. The molecular formula is C16H21N3O3. The number of rotatable bonds is 7. The second-order valence-corrected chi connectivity index (χ2v) is 5.34. The van der Waals surface area contributed by atoms with Gasteiger partial charge < -0.3 is 15.4 Å². The van der Waals surface area contributed by atoms with Crippen LogP contribution in [0.5, 0.6) is 0 Å². The lowest BCUT2D eigenvalue weighted by molar-refractivity contribution is -0.138. The summed E-state index contributed by atoms with van der Waals surface area (Å²) in [4.78, 5) is 24.5. The van der Waals surface area contributed by atoms with E-state index in [1.54, 1.807) is 45.2 Å². The van der Waals surface area contributed by atoms with Crippen molar-refractivity contribution in [1.29, 1.82) is 5.26 Å². The van der Waals surface area contributed by atoms with Gasteiger partial charge in [0.25, 0.3) is 0 Å². The molecular weight excluding hydrogens is 282 g/mol. The maximum atomic E-state index is 12.3. The van der Waals surface area contributed by atoms with Gasteiger partial charge in [0.05, 0.1) is 11.3 Å². The Bertz CT molecular complexity index is 576. The molecule has 0 saturated carbocycles. The number of anilines is 1. The van der Waals surface area contributed by atoms with Crippen molar-refractivity contribution in [3.8, 4) is 6.07 Å². The molecule has 0 aliphatic rings. The lowest BCUT2D eigenvalue weighted by Gasteiger charge is -2.23. The van der Waals surface area contributed by atoms with E-state index >= 15 is 0 Å². The largest absolute Gasteiger partial charge is 0.385 e. The molecule has 6 heteroatoms. The van der Waals surface area contributed by atoms with Gasteiger partial charge in [-0.3, -0.25) is 9.59 Å². The number of benzene rings is 1. The highest BCUT2D eigenvalue weighted by Gasteiger charge is 2.36. The number of amides is 2. The number of nitriles is 1. The number of ether oxygens (including phenoxy) is 1. The number of hydrogen-bond acceptors (Lipinski definition) is 4. The first-order chi connectivity index (χ1) is 10.4. The van der Waals surface area contributed by atoms with E-state index in [1.165, 1.54) is 0 Å². The van der Waals surface area contributed by atoms with Crippen LogP contribution in [-0.4, -0.2) is 32.1 Å². The Morgan fingerprint density at radius 2 is 1.95 bits per heavy atom. The van der Waals surface area contributed by atoms with E-state index in [1.807, 2.05) is 6.07 Å². The number of para-hydroxylation sites is 1. The topological polar surface area (TPSA) is 91.2 Å². The second-order valence-electron chi connectivity index (χ2n) is 5.34. The van der Waals surface area contributed by atoms with Crippen LogP contribution < -0.4 is 10.6 Å². The number of nitrogens with zero attached hydrogens (tertiary/aromatic N) is 1. The molecule has 2 N–H and O–H groups in total. The average Bonchev–Trinajstić information content (AvgIpc) is 2.51. The third-order valence-corrected chi connectivity index (χ3v) is 3.24. The van der Waals surface area contributed by atoms with Gasteiger partial charge >= 0.3 is 0 Å². The quantitative estimate of drug-likeness (QED) is 0.592. The molecule has 0 unspecified atom stereocenters. The van der Waals surface area contributed by atoms with Gasteiger partial charge in [0.15, 0.2) is 0 Å². The molecule has 0 aliphatic heterocycles. The minimum atomic E-state index is -1.24. The summed E-state index contributed by atoms with van der Waals surface area (Å²) in [6.07, 6.45) is 0.678. The zero-order valence-corrected chi connectivity index (χ0v) is 13.1. The first-order valence-corrected chi connectivity index (χ1v) is 7.01. The van der Waals surface area contributed by atoms with E-state index in [2.05, 4.69) is 10.6 Å².